The van der Waals surface area contributed by atoms with Gasteiger partial charge in [-0.25, -0.2) is 0 Å². The number of hydrogen-bond donors (Lipinski definition) is 0. The van der Waals surface area contributed by atoms with E-state index >= 15 is 0 Å². The molecule has 0 spiro atoms. The summed E-state index contributed by atoms with van der Waals surface area (Å²) in [5.41, 5.74) is 2.95. The largest absolute Gasteiger partial charge is 0.345 e. The van der Waals surface area contributed by atoms with E-state index in [1.54, 1.807) is 19.0 Å². The Morgan fingerprint density at radius 1 is 1.24 bits per heavy atom. The Balaban J connectivity index is 3.16. The second kappa shape index (κ2) is 6.04. The van der Waals surface area contributed by atoms with Gasteiger partial charge in [-0.05, 0) is 31.1 Å². The van der Waals surface area contributed by atoms with E-state index in [4.69, 9.17) is 0 Å². The first-order chi connectivity index (χ1) is 8.06. The number of aryl methyl sites for hydroxylation is 1. The number of allylic oxidation sites excluding steroid dienone is 1. The van der Waals surface area contributed by atoms with Crippen LogP contribution in [0.5, 0.6) is 0 Å². The third kappa shape index (κ3) is 3.59. The second-order valence-corrected chi connectivity index (χ2v) is 4.16. The van der Waals surface area contributed by atoms with Gasteiger partial charge in [0.15, 0.2) is 0 Å². The molecule has 0 aliphatic rings. The fourth-order valence-corrected chi connectivity index (χ4v) is 1.54. The molecule has 0 aliphatic carbocycles. The summed E-state index contributed by atoms with van der Waals surface area (Å²) in [6, 6.07) is 8.03. The van der Waals surface area contributed by atoms with Crippen molar-refractivity contribution in [2.75, 3.05) is 14.1 Å². The molecule has 90 valence electrons. The van der Waals surface area contributed by atoms with Gasteiger partial charge in [0.2, 0.25) is 0 Å². The van der Waals surface area contributed by atoms with Crippen molar-refractivity contribution in [1.82, 2.24) is 4.90 Å². The van der Waals surface area contributed by atoms with Crippen LogP contribution < -0.4 is 0 Å². The summed E-state index contributed by atoms with van der Waals surface area (Å²) in [5.74, 6) is 0.0198. The lowest BCUT2D eigenvalue weighted by molar-refractivity contribution is -0.124. The number of amides is 1. The fraction of sp³-hybridized carbons (Fsp3) is 0.267. The first kappa shape index (κ1) is 13.2. The van der Waals surface area contributed by atoms with Crippen molar-refractivity contribution in [1.29, 1.82) is 0 Å². The Hall–Kier alpha value is -1.83. The van der Waals surface area contributed by atoms with Crippen LogP contribution in [0.1, 0.15) is 18.1 Å². The lowest BCUT2D eigenvalue weighted by Gasteiger charge is -2.11. The molecule has 1 rings (SSSR count). The molecular formula is C15H19NO. The summed E-state index contributed by atoms with van der Waals surface area (Å²) in [5, 5.41) is 0. The van der Waals surface area contributed by atoms with Gasteiger partial charge in [0.1, 0.15) is 0 Å². The number of carbonyl (C=O) groups is 1. The third-order valence-corrected chi connectivity index (χ3v) is 2.50. The molecule has 0 N–H and O–H groups in total. The monoisotopic (exact) mass is 229 g/mol. The van der Waals surface area contributed by atoms with Gasteiger partial charge in [0.25, 0.3) is 5.91 Å². The highest BCUT2D eigenvalue weighted by atomic mass is 16.2. The first-order valence-corrected chi connectivity index (χ1v) is 5.68. The Kier molecular flexibility index (Phi) is 4.70. The molecule has 1 aromatic carbocycles. The van der Waals surface area contributed by atoms with Crippen LogP contribution in [0.15, 0.2) is 42.0 Å². The minimum atomic E-state index is 0.0198. The number of likely N-dealkylation sites (N-methyl/N-ethyl adjacent to an activating group) is 1. The molecule has 17 heavy (non-hydrogen) atoms. The van der Waals surface area contributed by atoms with Crippen LogP contribution >= 0.6 is 0 Å². The fourth-order valence-electron chi connectivity index (χ4n) is 1.54. The van der Waals surface area contributed by atoms with Crippen molar-refractivity contribution in [2.24, 2.45) is 0 Å². The van der Waals surface area contributed by atoms with Crippen molar-refractivity contribution in [3.63, 3.8) is 0 Å². The summed E-state index contributed by atoms with van der Waals surface area (Å²) in [6.45, 7) is 3.95. The summed E-state index contributed by atoms with van der Waals surface area (Å²) < 4.78 is 0. The molecule has 2 heteroatoms. The zero-order chi connectivity index (χ0) is 12.8. The molecule has 0 saturated heterocycles. The SMILES string of the molecule is CC=C/C(=C\c1ccccc1C)C(=O)N(C)C. The molecule has 0 heterocycles. The smallest absolute Gasteiger partial charge is 0.253 e. The average Bonchev–Trinajstić information content (AvgIpc) is 2.30. The Morgan fingerprint density at radius 2 is 1.88 bits per heavy atom. The van der Waals surface area contributed by atoms with E-state index in [1.807, 2.05) is 56.3 Å². The zero-order valence-electron chi connectivity index (χ0n) is 10.9. The Labute approximate surface area is 103 Å². The number of nitrogens with zero attached hydrogens (tertiary/aromatic N) is 1. The summed E-state index contributed by atoms with van der Waals surface area (Å²) in [7, 11) is 3.52. The molecule has 0 bridgehead atoms. The highest BCUT2D eigenvalue weighted by Crippen LogP contribution is 2.14. The lowest BCUT2D eigenvalue weighted by Crippen LogP contribution is -2.22. The van der Waals surface area contributed by atoms with Crippen LogP contribution in [0.4, 0.5) is 0 Å². The van der Waals surface area contributed by atoms with Gasteiger partial charge < -0.3 is 4.90 Å². The van der Waals surface area contributed by atoms with Crippen molar-refractivity contribution >= 4 is 12.0 Å². The molecule has 1 amide bonds. The quantitative estimate of drug-likeness (QED) is 0.576. The van der Waals surface area contributed by atoms with Gasteiger partial charge in [-0.1, -0.05) is 36.4 Å². The standard InChI is InChI=1S/C15H19NO/c1-5-8-14(15(17)16(3)4)11-13-10-7-6-9-12(13)2/h5-11H,1-4H3/b8-5?,14-11+. The van der Waals surface area contributed by atoms with Crippen molar-refractivity contribution in [3.8, 4) is 0 Å². The van der Waals surface area contributed by atoms with Crippen LogP contribution in [0.3, 0.4) is 0 Å². The molecule has 0 aromatic heterocycles. The van der Waals surface area contributed by atoms with Gasteiger partial charge in [0.05, 0.1) is 0 Å². The van der Waals surface area contributed by atoms with Crippen molar-refractivity contribution in [3.05, 3.63) is 53.1 Å². The molecule has 0 saturated carbocycles. The van der Waals surface area contributed by atoms with Gasteiger partial charge in [-0.3, -0.25) is 4.79 Å². The van der Waals surface area contributed by atoms with Gasteiger partial charge in [0, 0.05) is 19.7 Å². The zero-order valence-corrected chi connectivity index (χ0v) is 10.9. The molecule has 1 aromatic rings. The van der Waals surface area contributed by atoms with E-state index in [2.05, 4.69) is 0 Å². The third-order valence-electron chi connectivity index (χ3n) is 2.50. The molecule has 0 radical (unpaired) electrons. The second-order valence-electron chi connectivity index (χ2n) is 4.16. The number of carbonyl (C=O) groups excluding carboxylic acids is 1. The molecular weight excluding hydrogens is 210 g/mol. The van der Waals surface area contributed by atoms with Crippen LogP contribution in [0.2, 0.25) is 0 Å². The number of rotatable bonds is 3. The maximum atomic E-state index is 12.0. The summed E-state index contributed by atoms with van der Waals surface area (Å²) >= 11 is 0. The first-order valence-electron chi connectivity index (χ1n) is 5.68. The van der Waals surface area contributed by atoms with E-state index in [0.717, 1.165) is 5.56 Å². The van der Waals surface area contributed by atoms with Crippen LogP contribution in [-0.4, -0.2) is 24.9 Å². The average molecular weight is 229 g/mol. The summed E-state index contributed by atoms with van der Waals surface area (Å²) in [4.78, 5) is 13.5. The molecule has 2 nitrogen and oxygen atoms in total. The molecule has 0 atom stereocenters. The topological polar surface area (TPSA) is 20.3 Å². The molecule has 0 unspecified atom stereocenters. The number of hydrogen-bond acceptors (Lipinski definition) is 1. The normalized spacial score (nSPS) is 11.9. The van der Waals surface area contributed by atoms with Gasteiger partial charge >= 0.3 is 0 Å². The van der Waals surface area contributed by atoms with Crippen molar-refractivity contribution in [2.45, 2.75) is 13.8 Å². The highest BCUT2D eigenvalue weighted by molar-refractivity contribution is 6.00. The van der Waals surface area contributed by atoms with E-state index in [9.17, 15) is 4.79 Å². The minimum Gasteiger partial charge on any atom is -0.345 e. The Morgan fingerprint density at radius 3 is 2.41 bits per heavy atom. The Bertz CT molecular complexity index is 456. The minimum absolute atomic E-state index is 0.0198. The molecule has 0 fully saturated rings. The maximum absolute atomic E-state index is 12.0. The van der Waals surface area contributed by atoms with E-state index in [0.29, 0.717) is 5.57 Å². The van der Waals surface area contributed by atoms with Crippen molar-refractivity contribution < 1.29 is 4.79 Å². The van der Waals surface area contributed by atoms with E-state index < -0.39 is 0 Å². The maximum Gasteiger partial charge on any atom is 0.253 e. The van der Waals surface area contributed by atoms with Gasteiger partial charge in [-0.2, -0.15) is 0 Å². The van der Waals surface area contributed by atoms with E-state index in [-0.39, 0.29) is 5.91 Å². The van der Waals surface area contributed by atoms with Crippen LogP contribution in [-0.2, 0) is 4.79 Å². The lowest BCUT2D eigenvalue weighted by atomic mass is 10.0. The summed E-state index contributed by atoms with van der Waals surface area (Å²) in [6.07, 6.45) is 5.65. The predicted molar refractivity (Wildman–Crippen MR) is 72.7 cm³/mol. The predicted octanol–water partition coefficient (Wildman–Crippen LogP) is 3.04. The highest BCUT2D eigenvalue weighted by Gasteiger charge is 2.08. The van der Waals surface area contributed by atoms with Crippen LogP contribution in [0.25, 0.3) is 6.08 Å². The number of benzene rings is 1. The molecule has 0 aliphatic heterocycles. The van der Waals surface area contributed by atoms with E-state index in [1.165, 1.54) is 5.56 Å². The van der Waals surface area contributed by atoms with Crippen LogP contribution in [0, 0.1) is 6.92 Å². The van der Waals surface area contributed by atoms with Gasteiger partial charge in [-0.15, -0.1) is 0 Å².